The third kappa shape index (κ3) is 2.50. The summed E-state index contributed by atoms with van der Waals surface area (Å²) in [5.41, 5.74) is 0. The number of H-pyrrole nitrogens is 1. The maximum absolute atomic E-state index is 11.6. The van der Waals surface area contributed by atoms with E-state index in [9.17, 15) is 4.79 Å². The lowest BCUT2D eigenvalue weighted by atomic mass is 10.4. The molecule has 1 aromatic heterocycles. The lowest BCUT2D eigenvalue weighted by Crippen LogP contribution is -2.37. The average Bonchev–Trinajstić information content (AvgIpc) is 2.96. The summed E-state index contributed by atoms with van der Waals surface area (Å²) < 4.78 is 0. The Bertz CT molecular complexity index is 356. The Morgan fingerprint density at radius 1 is 1.50 bits per heavy atom. The predicted molar refractivity (Wildman–Crippen MR) is 58.8 cm³/mol. The van der Waals surface area contributed by atoms with Gasteiger partial charge in [-0.2, -0.15) is 5.10 Å². The van der Waals surface area contributed by atoms with Gasteiger partial charge in [-0.1, -0.05) is 6.92 Å². The minimum atomic E-state index is -0.00746. The number of aromatic nitrogens is 3. The van der Waals surface area contributed by atoms with Gasteiger partial charge in [0.2, 0.25) is 0 Å². The molecule has 0 aromatic carbocycles. The normalized spacial score (nSPS) is 15.4. The van der Waals surface area contributed by atoms with Gasteiger partial charge >= 0.3 is 6.03 Å². The van der Waals surface area contributed by atoms with Crippen molar-refractivity contribution in [2.75, 3.05) is 13.1 Å². The zero-order chi connectivity index (χ0) is 11.4. The molecule has 16 heavy (non-hydrogen) atoms. The highest BCUT2D eigenvalue weighted by molar-refractivity contribution is 5.74. The van der Waals surface area contributed by atoms with E-state index in [1.54, 1.807) is 0 Å². The summed E-state index contributed by atoms with van der Waals surface area (Å²) in [6.07, 6.45) is 3.02. The molecule has 0 spiro atoms. The summed E-state index contributed by atoms with van der Waals surface area (Å²) in [4.78, 5) is 17.7. The number of urea groups is 1. The van der Waals surface area contributed by atoms with Gasteiger partial charge in [0.1, 0.15) is 5.82 Å². The van der Waals surface area contributed by atoms with Crippen LogP contribution in [0.4, 0.5) is 4.79 Å². The summed E-state index contributed by atoms with van der Waals surface area (Å²) in [6, 6.07) is -0.00746. The van der Waals surface area contributed by atoms with Gasteiger partial charge in [-0.25, -0.2) is 9.78 Å². The average molecular weight is 223 g/mol. The molecule has 2 amide bonds. The maximum atomic E-state index is 11.6. The Kier molecular flexibility index (Phi) is 3.38. The van der Waals surface area contributed by atoms with Crippen LogP contribution >= 0.6 is 0 Å². The lowest BCUT2D eigenvalue weighted by molar-refractivity contribution is 0.208. The van der Waals surface area contributed by atoms with Crippen LogP contribution in [0.2, 0.25) is 0 Å². The summed E-state index contributed by atoms with van der Waals surface area (Å²) in [5, 5.41) is 9.65. The predicted octanol–water partition coefficient (Wildman–Crippen LogP) is 0.672. The van der Waals surface area contributed by atoms with Gasteiger partial charge in [0.15, 0.2) is 5.82 Å². The van der Waals surface area contributed by atoms with Crippen LogP contribution in [-0.4, -0.2) is 39.2 Å². The minimum absolute atomic E-state index is 0.00746. The Balaban J connectivity index is 1.80. The number of nitrogens with zero attached hydrogens (tertiary/aromatic N) is 3. The zero-order valence-electron chi connectivity index (χ0n) is 9.49. The van der Waals surface area contributed by atoms with Gasteiger partial charge < -0.3 is 10.2 Å². The molecule has 1 saturated heterocycles. The van der Waals surface area contributed by atoms with Crippen LogP contribution in [0.5, 0.6) is 0 Å². The molecule has 0 radical (unpaired) electrons. The molecule has 2 rings (SSSR count). The maximum Gasteiger partial charge on any atom is 0.317 e. The van der Waals surface area contributed by atoms with E-state index < -0.39 is 0 Å². The molecule has 2 heterocycles. The van der Waals surface area contributed by atoms with E-state index in [2.05, 4.69) is 20.5 Å². The molecular weight excluding hydrogens is 206 g/mol. The first-order valence-electron chi connectivity index (χ1n) is 5.72. The molecule has 2 N–H and O–H groups in total. The minimum Gasteiger partial charge on any atom is -0.331 e. The molecule has 0 unspecified atom stereocenters. The largest absolute Gasteiger partial charge is 0.331 e. The van der Waals surface area contributed by atoms with Crippen molar-refractivity contribution in [3.63, 3.8) is 0 Å². The number of carbonyl (C=O) groups is 1. The summed E-state index contributed by atoms with van der Waals surface area (Å²) >= 11 is 0. The Morgan fingerprint density at radius 3 is 2.88 bits per heavy atom. The van der Waals surface area contributed by atoms with Crippen LogP contribution in [-0.2, 0) is 13.0 Å². The quantitative estimate of drug-likeness (QED) is 0.791. The Hall–Kier alpha value is -1.59. The van der Waals surface area contributed by atoms with E-state index in [0.29, 0.717) is 12.4 Å². The number of rotatable bonds is 3. The molecule has 1 aliphatic rings. The van der Waals surface area contributed by atoms with Crippen molar-refractivity contribution in [2.24, 2.45) is 0 Å². The second-order valence-electron chi connectivity index (χ2n) is 3.90. The van der Waals surface area contributed by atoms with Gasteiger partial charge in [0.25, 0.3) is 0 Å². The molecule has 6 nitrogen and oxygen atoms in total. The van der Waals surface area contributed by atoms with E-state index in [0.717, 1.165) is 38.2 Å². The SMILES string of the molecule is CCc1n[nH]c(CNC(=O)N2CCCC2)n1. The summed E-state index contributed by atoms with van der Waals surface area (Å²) in [7, 11) is 0. The Morgan fingerprint density at radius 2 is 2.25 bits per heavy atom. The van der Waals surface area contributed by atoms with Crippen molar-refractivity contribution >= 4 is 6.03 Å². The fraction of sp³-hybridized carbons (Fsp3) is 0.700. The van der Waals surface area contributed by atoms with Crippen LogP contribution in [0.15, 0.2) is 0 Å². The fourth-order valence-electron chi connectivity index (χ4n) is 1.76. The van der Waals surface area contributed by atoms with Crippen LogP contribution in [0.1, 0.15) is 31.4 Å². The van der Waals surface area contributed by atoms with Gasteiger partial charge in [-0.05, 0) is 12.8 Å². The molecular formula is C10H17N5O. The van der Waals surface area contributed by atoms with E-state index in [1.165, 1.54) is 0 Å². The third-order valence-corrected chi connectivity index (χ3v) is 2.69. The highest BCUT2D eigenvalue weighted by atomic mass is 16.2. The number of hydrogen-bond acceptors (Lipinski definition) is 3. The van der Waals surface area contributed by atoms with Gasteiger partial charge in [-0.3, -0.25) is 5.10 Å². The van der Waals surface area contributed by atoms with Crippen LogP contribution in [0.3, 0.4) is 0 Å². The number of likely N-dealkylation sites (tertiary alicyclic amines) is 1. The van der Waals surface area contributed by atoms with E-state index in [-0.39, 0.29) is 6.03 Å². The first-order valence-corrected chi connectivity index (χ1v) is 5.72. The van der Waals surface area contributed by atoms with E-state index in [4.69, 9.17) is 0 Å². The summed E-state index contributed by atoms with van der Waals surface area (Å²) in [6.45, 7) is 4.14. The molecule has 1 fully saturated rings. The molecule has 0 saturated carbocycles. The Labute approximate surface area is 94.4 Å². The molecule has 0 bridgehead atoms. The number of amides is 2. The van der Waals surface area contributed by atoms with Gasteiger partial charge in [-0.15, -0.1) is 0 Å². The number of carbonyl (C=O) groups excluding carboxylic acids is 1. The van der Waals surface area contributed by atoms with Gasteiger partial charge in [0.05, 0.1) is 6.54 Å². The molecule has 0 aliphatic carbocycles. The number of aryl methyl sites for hydroxylation is 1. The zero-order valence-corrected chi connectivity index (χ0v) is 9.49. The lowest BCUT2D eigenvalue weighted by Gasteiger charge is -2.15. The van der Waals surface area contributed by atoms with Crippen molar-refractivity contribution in [3.8, 4) is 0 Å². The first-order chi connectivity index (χ1) is 7.79. The number of aromatic amines is 1. The number of hydrogen-bond donors (Lipinski definition) is 2. The van der Waals surface area contributed by atoms with Crippen molar-refractivity contribution in [3.05, 3.63) is 11.6 Å². The van der Waals surface area contributed by atoms with Crippen molar-refractivity contribution in [1.29, 1.82) is 0 Å². The standard InChI is InChI=1S/C10H17N5O/c1-2-8-12-9(14-13-8)7-11-10(16)15-5-3-4-6-15/h2-7H2,1H3,(H,11,16)(H,12,13,14). The molecule has 1 aromatic rings. The fourth-order valence-corrected chi connectivity index (χ4v) is 1.76. The molecule has 6 heteroatoms. The van der Waals surface area contributed by atoms with Crippen LogP contribution in [0, 0.1) is 0 Å². The van der Waals surface area contributed by atoms with E-state index in [1.807, 2.05) is 11.8 Å². The van der Waals surface area contributed by atoms with Crippen molar-refractivity contribution in [2.45, 2.75) is 32.7 Å². The van der Waals surface area contributed by atoms with Crippen molar-refractivity contribution < 1.29 is 4.79 Å². The summed E-state index contributed by atoms with van der Waals surface area (Å²) in [5.74, 6) is 1.50. The second kappa shape index (κ2) is 4.96. The first kappa shape index (κ1) is 10.9. The van der Waals surface area contributed by atoms with Crippen LogP contribution in [0.25, 0.3) is 0 Å². The highest BCUT2D eigenvalue weighted by Gasteiger charge is 2.17. The molecule has 1 aliphatic heterocycles. The van der Waals surface area contributed by atoms with Gasteiger partial charge in [0, 0.05) is 19.5 Å². The smallest absolute Gasteiger partial charge is 0.317 e. The van der Waals surface area contributed by atoms with Crippen LogP contribution < -0.4 is 5.32 Å². The topological polar surface area (TPSA) is 73.9 Å². The second-order valence-corrected chi connectivity index (χ2v) is 3.90. The third-order valence-electron chi connectivity index (χ3n) is 2.69. The highest BCUT2D eigenvalue weighted by Crippen LogP contribution is 2.07. The van der Waals surface area contributed by atoms with Crippen molar-refractivity contribution in [1.82, 2.24) is 25.4 Å². The molecule has 88 valence electrons. The number of nitrogens with one attached hydrogen (secondary N) is 2. The monoisotopic (exact) mass is 223 g/mol. The molecule has 0 atom stereocenters. The van der Waals surface area contributed by atoms with E-state index >= 15 is 0 Å².